The van der Waals surface area contributed by atoms with E-state index in [9.17, 15) is 22.4 Å². The van der Waals surface area contributed by atoms with E-state index in [4.69, 9.17) is 5.14 Å². The van der Waals surface area contributed by atoms with Gasteiger partial charge in [-0.1, -0.05) is 54.6 Å². The van der Waals surface area contributed by atoms with Gasteiger partial charge in [0.05, 0.1) is 16.3 Å². The lowest BCUT2D eigenvalue weighted by atomic mass is 10.0. The highest BCUT2D eigenvalue weighted by molar-refractivity contribution is 8.18. The van der Waals surface area contributed by atoms with E-state index < -0.39 is 21.2 Å². The number of benzene rings is 3. The van der Waals surface area contributed by atoms with Gasteiger partial charge in [-0.25, -0.2) is 17.9 Å². The van der Waals surface area contributed by atoms with Gasteiger partial charge in [0.15, 0.2) is 0 Å². The first-order chi connectivity index (χ1) is 15.2. The van der Waals surface area contributed by atoms with E-state index in [2.05, 4.69) is 0 Å². The molecule has 1 fully saturated rings. The van der Waals surface area contributed by atoms with Crippen LogP contribution in [0.1, 0.15) is 11.1 Å². The molecule has 0 spiro atoms. The summed E-state index contributed by atoms with van der Waals surface area (Å²) in [6.07, 6.45) is 1.55. The molecule has 3 aromatic rings. The number of carbonyl (C=O) groups excluding carboxylic acids is 2. The van der Waals surface area contributed by atoms with Gasteiger partial charge < -0.3 is 0 Å². The molecule has 0 bridgehead atoms. The van der Waals surface area contributed by atoms with Crippen molar-refractivity contribution < 1.29 is 22.4 Å². The van der Waals surface area contributed by atoms with E-state index in [1.54, 1.807) is 48.5 Å². The van der Waals surface area contributed by atoms with Gasteiger partial charge in [-0.3, -0.25) is 14.5 Å². The maximum Gasteiger partial charge on any atom is 0.293 e. The van der Waals surface area contributed by atoms with Crippen LogP contribution < -0.4 is 5.14 Å². The van der Waals surface area contributed by atoms with E-state index >= 15 is 0 Å². The number of primary sulfonamides is 1. The van der Waals surface area contributed by atoms with Crippen LogP contribution >= 0.6 is 11.8 Å². The Kier molecular flexibility index (Phi) is 5.96. The Bertz CT molecular complexity index is 1340. The van der Waals surface area contributed by atoms with Gasteiger partial charge in [0.1, 0.15) is 5.82 Å². The predicted molar refractivity (Wildman–Crippen MR) is 121 cm³/mol. The van der Waals surface area contributed by atoms with Crippen molar-refractivity contribution in [3.8, 4) is 11.1 Å². The largest absolute Gasteiger partial charge is 0.293 e. The molecule has 0 saturated carbocycles. The van der Waals surface area contributed by atoms with Crippen LogP contribution in [0.25, 0.3) is 17.2 Å². The van der Waals surface area contributed by atoms with Crippen molar-refractivity contribution in [2.45, 2.75) is 11.4 Å². The number of nitrogens with two attached hydrogens (primary N) is 1. The van der Waals surface area contributed by atoms with Crippen LogP contribution in [-0.4, -0.2) is 24.5 Å². The molecule has 6 nitrogen and oxygen atoms in total. The van der Waals surface area contributed by atoms with Crippen LogP contribution in [0.5, 0.6) is 0 Å². The van der Waals surface area contributed by atoms with Gasteiger partial charge in [0, 0.05) is 5.56 Å². The van der Waals surface area contributed by atoms with Gasteiger partial charge in [0.25, 0.3) is 11.1 Å². The van der Waals surface area contributed by atoms with E-state index in [1.165, 1.54) is 30.3 Å². The average molecular weight is 469 g/mol. The standard InChI is InChI=1S/C23H17FN2O4S2/c24-18-11-7-15(8-12-18)13-20-22(27)26(23(28)31-20)14-16-5-9-17(10-6-16)19-3-1-2-4-21(19)32(25,29)30/h1-13H,14H2,(H2,25,29,30)/b20-13-. The normalized spacial score (nSPS) is 15.6. The molecule has 9 heteroatoms. The summed E-state index contributed by atoms with van der Waals surface area (Å²) < 4.78 is 36.8. The third kappa shape index (κ3) is 4.64. The summed E-state index contributed by atoms with van der Waals surface area (Å²) >= 11 is 0.829. The minimum absolute atomic E-state index is 0.0182. The predicted octanol–water partition coefficient (Wildman–Crippen LogP) is 4.38. The molecule has 1 heterocycles. The minimum atomic E-state index is -3.89. The zero-order valence-electron chi connectivity index (χ0n) is 16.6. The minimum Gasteiger partial charge on any atom is -0.268 e. The number of sulfonamides is 1. The monoisotopic (exact) mass is 468 g/mol. The quantitative estimate of drug-likeness (QED) is 0.561. The molecule has 1 aliphatic rings. The Labute approximate surface area is 188 Å². The molecule has 0 unspecified atom stereocenters. The fourth-order valence-corrected chi connectivity index (χ4v) is 4.87. The first-order valence-corrected chi connectivity index (χ1v) is 11.8. The number of halogens is 1. The van der Waals surface area contributed by atoms with Crippen LogP contribution in [-0.2, 0) is 21.4 Å². The van der Waals surface area contributed by atoms with Gasteiger partial charge in [0.2, 0.25) is 10.0 Å². The van der Waals surface area contributed by atoms with Crippen LogP contribution in [0.15, 0.2) is 82.6 Å². The molecule has 3 aromatic carbocycles. The van der Waals surface area contributed by atoms with Crippen LogP contribution in [0.3, 0.4) is 0 Å². The number of hydrogen-bond donors (Lipinski definition) is 1. The molecule has 2 N–H and O–H groups in total. The number of nitrogens with zero attached hydrogens (tertiary/aromatic N) is 1. The molecular weight excluding hydrogens is 451 g/mol. The third-order valence-electron chi connectivity index (χ3n) is 4.84. The van der Waals surface area contributed by atoms with Gasteiger partial charge in [-0.05, 0) is 52.7 Å². The van der Waals surface area contributed by atoms with Crippen molar-refractivity contribution in [1.82, 2.24) is 4.90 Å². The fraction of sp³-hybridized carbons (Fsp3) is 0.0435. The first kappa shape index (κ1) is 21.9. The Balaban J connectivity index is 1.54. The number of hydrogen-bond acceptors (Lipinski definition) is 5. The Morgan fingerprint density at radius 1 is 0.938 bits per heavy atom. The maximum atomic E-state index is 13.1. The summed E-state index contributed by atoms with van der Waals surface area (Å²) in [6, 6.07) is 18.9. The molecule has 1 aliphatic heterocycles. The van der Waals surface area contributed by atoms with Gasteiger partial charge in [-0.15, -0.1) is 0 Å². The SMILES string of the molecule is NS(=O)(=O)c1ccccc1-c1ccc(CN2C(=O)S/C(=C\c3ccc(F)cc3)C2=O)cc1. The number of amides is 2. The summed E-state index contributed by atoms with van der Waals surface area (Å²) in [5.74, 6) is -0.807. The van der Waals surface area contributed by atoms with Crippen LogP contribution in [0.2, 0.25) is 0 Å². The Morgan fingerprint density at radius 2 is 1.59 bits per heavy atom. The average Bonchev–Trinajstić information content (AvgIpc) is 3.02. The second-order valence-electron chi connectivity index (χ2n) is 7.06. The third-order valence-corrected chi connectivity index (χ3v) is 6.72. The summed E-state index contributed by atoms with van der Waals surface area (Å²) in [6.45, 7) is 0.0720. The van der Waals surface area contributed by atoms with Gasteiger partial charge in [-0.2, -0.15) is 0 Å². The smallest absolute Gasteiger partial charge is 0.268 e. The number of thioether (sulfide) groups is 1. The highest BCUT2D eigenvalue weighted by Gasteiger charge is 2.35. The topological polar surface area (TPSA) is 97.5 Å². The second-order valence-corrected chi connectivity index (χ2v) is 9.58. The molecule has 4 rings (SSSR count). The van der Waals surface area contributed by atoms with Crippen molar-refractivity contribution in [1.29, 1.82) is 0 Å². The molecular formula is C23H17FN2O4S2. The molecule has 2 amide bonds. The van der Waals surface area contributed by atoms with Gasteiger partial charge >= 0.3 is 0 Å². The highest BCUT2D eigenvalue weighted by atomic mass is 32.2. The van der Waals surface area contributed by atoms with Crippen molar-refractivity contribution in [2.24, 2.45) is 5.14 Å². The first-order valence-electron chi connectivity index (χ1n) is 9.44. The summed E-state index contributed by atoms with van der Waals surface area (Å²) in [4.78, 5) is 26.5. The van der Waals surface area contributed by atoms with Crippen molar-refractivity contribution >= 4 is 39.0 Å². The lowest BCUT2D eigenvalue weighted by Crippen LogP contribution is -2.27. The lowest BCUT2D eigenvalue weighted by molar-refractivity contribution is -0.123. The zero-order valence-corrected chi connectivity index (χ0v) is 18.2. The van der Waals surface area contributed by atoms with Crippen molar-refractivity contribution in [3.63, 3.8) is 0 Å². The summed E-state index contributed by atoms with van der Waals surface area (Å²) in [5, 5.41) is 4.91. The van der Waals surface area contributed by atoms with E-state index in [1.807, 2.05) is 0 Å². The number of rotatable bonds is 5. The Morgan fingerprint density at radius 3 is 2.25 bits per heavy atom. The van der Waals surface area contributed by atoms with E-state index in [0.29, 0.717) is 22.3 Å². The zero-order chi connectivity index (χ0) is 22.9. The lowest BCUT2D eigenvalue weighted by Gasteiger charge is -2.13. The van der Waals surface area contributed by atoms with Crippen LogP contribution in [0, 0.1) is 5.82 Å². The van der Waals surface area contributed by atoms with E-state index in [-0.39, 0.29) is 22.2 Å². The molecule has 1 saturated heterocycles. The summed E-state index contributed by atoms with van der Waals surface area (Å²) in [7, 11) is -3.89. The van der Waals surface area contributed by atoms with Crippen LogP contribution in [0.4, 0.5) is 9.18 Å². The summed E-state index contributed by atoms with van der Waals surface area (Å²) in [5.41, 5.74) is 2.43. The second kappa shape index (κ2) is 8.70. The molecule has 0 aromatic heterocycles. The maximum absolute atomic E-state index is 13.1. The molecule has 162 valence electrons. The van der Waals surface area contributed by atoms with E-state index in [0.717, 1.165) is 16.7 Å². The molecule has 0 atom stereocenters. The number of carbonyl (C=O) groups is 2. The fourth-order valence-electron chi connectivity index (χ4n) is 3.27. The van der Waals surface area contributed by atoms with Crippen molar-refractivity contribution in [3.05, 3.63) is 94.6 Å². The molecule has 32 heavy (non-hydrogen) atoms. The number of imide groups is 1. The molecule has 0 aliphatic carbocycles. The van der Waals surface area contributed by atoms with Crippen molar-refractivity contribution in [2.75, 3.05) is 0 Å². The highest BCUT2D eigenvalue weighted by Crippen LogP contribution is 2.34. The molecule has 0 radical (unpaired) electrons. The Hall–Kier alpha value is -3.27.